The van der Waals surface area contributed by atoms with Crippen molar-refractivity contribution < 1.29 is 9.59 Å². The third kappa shape index (κ3) is 6.15. The van der Waals surface area contributed by atoms with Gasteiger partial charge in [-0.2, -0.15) is 0 Å². The van der Waals surface area contributed by atoms with Crippen LogP contribution in [-0.4, -0.2) is 29.8 Å². The van der Waals surface area contributed by atoms with Crippen molar-refractivity contribution >= 4 is 22.6 Å². The summed E-state index contributed by atoms with van der Waals surface area (Å²) in [7, 11) is 1.63. The quantitative estimate of drug-likeness (QED) is 0.357. The lowest BCUT2D eigenvalue weighted by atomic mass is 9.99. The summed E-state index contributed by atoms with van der Waals surface area (Å²) >= 11 is 0. The Balaban J connectivity index is 1.62. The highest BCUT2D eigenvalue weighted by Gasteiger charge is 2.29. The summed E-state index contributed by atoms with van der Waals surface area (Å²) in [6, 6.07) is 31.9. The van der Waals surface area contributed by atoms with Gasteiger partial charge in [-0.05, 0) is 40.8 Å². The summed E-state index contributed by atoms with van der Waals surface area (Å²) in [4.78, 5) is 28.6. The molecule has 4 heteroatoms. The molecule has 1 N–H and O–H groups in total. The highest BCUT2D eigenvalue weighted by molar-refractivity contribution is 5.89. The largest absolute Gasteiger partial charge is 0.357 e. The first kappa shape index (κ1) is 24.2. The molecule has 0 aliphatic heterocycles. The zero-order valence-electron chi connectivity index (χ0n) is 20.4. The number of aryl methyl sites for hydroxylation is 2. The summed E-state index contributed by atoms with van der Waals surface area (Å²) in [5.74, 6) is -0.177. The molecule has 0 fully saturated rings. The van der Waals surface area contributed by atoms with Gasteiger partial charge in [-0.25, -0.2) is 0 Å². The maximum absolute atomic E-state index is 13.7. The van der Waals surface area contributed by atoms with Gasteiger partial charge in [-0.15, -0.1) is 0 Å². The SMILES string of the molecule is CNC(=O)[C@@H](Cc1ccccc1)N(Cc1cccc(C)c1)C(=O)CCc1cccc2ccccc12. The van der Waals surface area contributed by atoms with Crippen molar-refractivity contribution in [3.8, 4) is 0 Å². The Kier molecular flexibility index (Phi) is 7.94. The van der Waals surface area contributed by atoms with Gasteiger partial charge in [-0.3, -0.25) is 9.59 Å². The van der Waals surface area contributed by atoms with Crippen LogP contribution in [0.2, 0.25) is 0 Å². The fraction of sp³-hybridized carbons (Fsp3) is 0.226. The lowest BCUT2D eigenvalue weighted by Crippen LogP contribution is -2.49. The van der Waals surface area contributed by atoms with E-state index in [9.17, 15) is 9.59 Å². The van der Waals surface area contributed by atoms with E-state index in [1.807, 2.05) is 73.7 Å². The zero-order valence-corrected chi connectivity index (χ0v) is 20.4. The van der Waals surface area contributed by atoms with E-state index >= 15 is 0 Å². The number of hydrogen-bond donors (Lipinski definition) is 1. The van der Waals surface area contributed by atoms with Gasteiger partial charge in [0.25, 0.3) is 0 Å². The molecule has 4 aromatic carbocycles. The molecule has 0 unspecified atom stereocenters. The van der Waals surface area contributed by atoms with Crippen LogP contribution < -0.4 is 5.32 Å². The van der Waals surface area contributed by atoms with Crippen LogP contribution in [0.4, 0.5) is 0 Å². The molecule has 0 bridgehead atoms. The molecule has 0 spiro atoms. The Morgan fingerprint density at radius 1 is 0.829 bits per heavy atom. The van der Waals surface area contributed by atoms with Crippen molar-refractivity contribution in [3.63, 3.8) is 0 Å². The summed E-state index contributed by atoms with van der Waals surface area (Å²) < 4.78 is 0. The van der Waals surface area contributed by atoms with Crippen LogP contribution in [0.5, 0.6) is 0 Å². The number of carbonyl (C=O) groups excluding carboxylic acids is 2. The number of benzene rings is 4. The Hall–Kier alpha value is -3.92. The van der Waals surface area contributed by atoms with E-state index in [-0.39, 0.29) is 11.8 Å². The molecule has 4 aromatic rings. The van der Waals surface area contributed by atoms with Crippen LogP contribution in [0, 0.1) is 6.92 Å². The number of hydrogen-bond acceptors (Lipinski definition) is 2. The molecular formula is C31H32N2O2. The van der Waals surface area contributed by atoms with E-state index in [1.165, 1.54) is 10.8 Å². The molecule has 0 saturated carbocycles. The van der Waals surface area contributed by atoms with E-state index in [0.29, 0.717) is 25.8 Å². The van der Waals surface area contributed by atoms with Crippen molar-refractivity contribution in [1.29, 1.82) is 0 Å². The van der Waals surface area contributed by atoms with Crippen LogP contribution in [-0.2, 0) is 29.0 Å². The normalized spacial score (nSPS) is 11.7. The minimum Gasteiger partial charge on any atom is -0.357 e. The van der Waals surface area contributed by atoms with E-state index in [2.05, 4.69) is 35.6 Å². The number of carbonyl (C=O) groups is 2. The Labute approximate surface area is 207 Å². The van der Waals surface area contributed by atoms with Crippen LogP contribution >= 0.6 is 0 Å². The van der Waals surface area contributed by atoms with E-state index in [4.69, 9.17) is 0 Å². The van der Waals surface area contributed by atoms with Crippen molar-refractivity contribution in [2.75, 3.05) is 7.05 Å². The number of fused-ring (bicyclic) bond motifs is 1. The van der Waals surface area contributed by atoms with Gasteiger partial charge in [0.15, 0.2) is 0 Å². The maximum atomic E-state index is 13.7. The predicted molar refractivity (Wildman–Crippen MR) is 142 cm³/mol. The van der Waals surface area contributed by atoms with Gasteiger partial charge in [-0.1, -0.05) is 103 Å². The van der Waals surface area contributed by atoms with E-state index < -0.39 is 6.04 Å². The third-order valence-electron chi connectivity index (χ3n) is 6.44. The fourth-order valence-corrected chi connectivity index (χ4v) is 4.62. The minimum atomic E-state index is -0.595. The number of nitrogens with zero attached hydrogens (tertiary/aromatic N) is 1. The monoisotopic (exact) mass is 464 g/mol. The Morgan fingerprint density at radius 3 is 2.29 bits per heavy atom. The highest BCUT2D eigenvalue weighted by Crippen LogP contribution is 2.22. The number of rotatable bonds is 9. The molecule has 4 rings (SSSR count). The van der Waals surface area contributed by atoms with Gasteiger partial charge >= 0.3 is 0 Å². The predicted octanol–water partition coefficient (Wildman–Crippen LogP) is 5.47. The Bertz CT molecular complexity index is 1290. The highest BCUT2D eigenvalue weighted by atomic mass is 16.2. The molecule has 0 radical (unpaired) electrons. The van der Waals surface area contributed by atoms with Crippen LogP contribution in [0.25, 0.3) is 10.8 Å². The van der Waals surface area contributed by atoms with Crippen LogP contribution in [0.3, 0.4) is 0 Å². The molecule has 0 aromatic heterocycles. The summed E-state index contributed by atoms with van der Waals surface area (Å²) in [5.41, 5.74) is 4.32. The maximum Gasteiger partial charge on any atom is 0.242 e. The molecule has 0 heterocycles. The van der Waals surface area contributed by atoms with Crippen molar-refractivity contribution in [1.82, 2.24) is 10.2 Å². The average Bonchev–Trinajstić information content (AvgIpc) is 2.89. The molecular weight excluding hydrogens is 432 g/mol. The molecule has 35 heavy (non-hydrogen) atoms. The summed E-state index contributed by atoms with van der Waals surface area (Å²) in [6.45, 7) is 2.43. The Morgan fingerprint density at radius 2 is 1.51 bits per heavy atom. The summed E-state index contributed by atoms with van der Waals surface area (Å²) in [5, 5.41) is 5.12. The number of amides is 2. The van der Waals surface area contributed by atoms with Gasteiger partial charge in [0.2, 0.25) is 11.8 Å². The molecule has 0 aliphatic carbocycles. The molecule has 178 valence electrons. The van der Waals surface area contributed by atoms with Crippen molar-refractivity contribution in [3.05, 3.63) is 119 Å². The minimum absolute atomic E-state index is 0.0241. The molecule has 4 nitrogen and oxygen atoms in total. The standard InChI is InChI=1S/C31H32N2O2/c1-23-10-8-13-25(20-23)22-33(29(31(35)32-2)21-24-11-4-3-5-12-24)30(34)19-18-27-16-9-15-26-14-6-7-17-28(26)27/h3-17,20,29H,18-19,21-22H2,1-2H3,(H,32,35)/t29-/m1/s1. The second-order valence-corrected chi connectivity index (χ2v) is 8.97. The molecule has 2 amide bonds. The fourth-order valence-electron chi connectivity index (χ4n) is 4.62. The number of nitrogens with one attached hydrogen (secondary N) is 1. The first-order valence-electron chi connectivity index (χ1n) is 12.1. The topological polar surface area (TPSA) is 49.4 Å². The number of likely N-dealkylation sites (N-methyl/N-ethyl adjacent to an activating group) is 1. The van der Waals surface area contributed by atoms with Crippen LogP contribution in [0.1, 0.15) is 28.7 Å². The van der Waals surface area contributed by atoms with Gasteiger partial charge in [0, 0.05) is 26.4 Å². The van der Waals surface area contributed by atoms with Gasteiger partial charge in [0.05, 0.1) is 0 Å². The second-order valence-electron chi connectivity index (χ2n) is 8.97. The molecule has 0 saturated heterocycles. The third-order valence-corrected chi connectivity index (χ3v) is 6.44. The smallest absolute Gasteiger partial charge is 0.242 e. The first-order valence-corrected chi connectivity index (χ1v) is 12.1. The van der Waals surface area contributed by atoms with E-state index in [1.54, 1.807) is 11.9 Å². The lowest BCUT2D eigenvalue weighted by molar-refractivity contribution is -0.141. The van der Waals surface area contributed by atoms with Gasteiger partial charge in [0.1, 0.15) is 6.04 Å². The van der Waals surface area contributed by atoms with Gasteiger partial charge < -0.3 is 10.2 Å². The molecule has 0 aliphatic rings. The first-order chi connectivity index (χ1) is 17.0. The second kappa shape index (κ2) is 11.5. The van der Waals surface area contributed by atoms with Crippen molar-refractivity contribution in [2.45, 2.75) is 38.8 Å². The van der Waals surface area contributed by atoms with E-state index in [0.717, 1.165) is 22.3 Å². The average molecular weight is 465 g/mol. The lowest BCUT2D eigenvalue weighted by Gasteiger charge is -2.31. The molecule has 1 atom stereocenters. The van der Waals surface area contributed by atoms with Crippen LogP contribution in [0.15, 0.2) is 97.1 Å². The zero-order chi connectivity index (χ0) is 24.6. The van der Waals surface area contributed by atoms with Crippen molar-refractivity contribution in [2.24, 2.45) is 0 Å². The summed E-state index contributed by atoms with van der Waals surface area (Å²) in [6.07, 6.45) is 1.42.